The summed E-state index contributed by atoms with van der Waals surface area (Å²) < 4.78 is 14.6. The first-order valence-corrected chi connectivity index (χ1v) is 10.4. The van der Waals surface area contributed by atoms with Gasteiger partial charge in [0.1, 0.15) is 12.1 Å². The molecule has 1 aliphatic rings. The summed E-state index contributed by atoms with van der Waals surface area (Å²) in [5.74, 6) is 2.22. The van der Waals surface area contributed by atoms with Crippen molar-refractivity contribution in [2.75, 3.05) is 12.4 Å². The zero-order chi connectivity index (χ0) is 22.4. The van der Waals surface area contributed by atoms with Crippen LogP contribution in [0.2, 0.25) is 0 Å². The van der Waals surface area contributed by atoms with Gasteiger partial charge >= 0.3 is 0 Å². The monoisotopic (exact) mass is 433 g/mol. The summed E-state index contributed by atoms with van der Waals surface area (Å²) >= 11 is 0. The van der Waals surface area contributed by atoms with Gasteiger partial charge < -0.3 is 14.8 Å². The van der Waals surface area contributed by atoms with Gasteiger partial charge in [-0.2, -0.15) is 14.3 Å². The second-order valence-electron chi connectivity index (χ2n) is 7.97. The van der Waals surface area contributed by atoms with E-state index in [9.17, 15) is 4.79 Å². The summed E-state index contributed by atoms with van der Waals surface area (Å²) in [7, 11) is 1.61. The van der Waals surface area contributed by atoms with Gasteiger partial charge in [-0.3, -0.25) is 4.79 Å². The highest BCUT2D eigenvalue weighted by Crippen LogP contribution is 2.42. The summed E-state index contributed by atoms with van der Waals surface area (Å²) in [6.45, 7) is 5.87. The Morgan fingerprint density at radius 1 is 1.16 bits per heavy atom. The molecule has 1 N–H and O–H groups in total. The molecule has 0 saturated carbocycles. The maximum atomic E-state index is 12.7. The number of nitrogens with one attached hydrogen (secondary N) is 1. The Hall–Kier alpha value is -3.95. The normalized spacial score (nSPS) is 15.7. The van der Waals surface area contributed by atoms with Gasteiger partial charge in [0.2, 0.25) is 5.91 Å². The first kappa shape index (κ1) is 20.0. The van der Waals surface area contributed by atoms with Crippen LogP contribution in [0.1, 0.15) is 43.0 Å². The van der Waals surface area contributed by atoms with Crippen LogP contribution in [0.5, 0.6) is 11.5 Å². The lowest BCUT2D eigenvalue weighted by Gasteiger charge is -2.25. The molecule has 3 aromatic heterocycles. The summed E-state index contributed by atoms with van der Waals surface area (Å²) in [6, 6.07) is 9.41. The van der Waals surface area contributed by atoms with E-state index < -0.39 is 0 Å². The Morgan fingerprint density at radius 3 is 2.78 bits per heavy atom. The molecule has 10 heteroatoms. The minimum absolute atomic E-state index is 0.0258. The van der Waals surface area contributed by atoms with Gasteiger partial charge in [-0.1, -0.05) is 6.07 Å². The van der Waals surface area contributed by atoms with Crippen molar-refractivity contribution < 1.29 is 14.3 Å². The van der Waals surface area contributed by atoms with Crippen LogP contribution in [-0.4, -0.2) is 48.7 Å². The highest BCUT2D eigenvalue weighted by Gasteiger charge is 2.33. The second kappa shape index (κ2) is 7.63. The first-order valence-electron chi connectivity index (χ1n) is 10.4. The number of aryl methyl sites for hydroxylation is 1. The molecule has 5 rings (SSSR count). The summed E-state index contributed by atoms with van der Waals surface area (Å²) in [4.78, 5) is 12.7. The Balaban J connectivity index is 1.60. The van der Waals surface area contributed by atoms with E-state index in [1.165, 1.54) is 6.33 Å². The van der Waals surface area contributed by atoms with Gasteiger partial charge in [0.15, 0.2) is 23.0 Å². The largest absolute Gasteiger partial charge is 0.493 e. The third kappa shape index (κ3) is 3.33. The number of hydrogen-bond donors (Lipinski definition) is 1. The van der Waals surface area contributed by atoms with Crippen LogP contribution in [-0.2, 0) is 4.79 Å². The van der Waals surface area contributed by atoms with Crippen LogP contribution < -0.4 is 14.8 Å². The molecule has 10 nitrogen and oxygen atoms in total. The Labute approximate surface area is 184 Å². The molecule has 0 fully saturated rings. The summed E-state index contributed by atoms with van der Waals surface area (Å²) in [5.41, 5.74) is 3.36. The predicted octanol–water partition coefficient (Wildman–Crippen LogP) is 2.89. The number of methoxy groups -OCH3 is 1. The number of amides is 1. The second-order valence-corrected chi connectivity index (χ2v) is 7.97. The quantitative estimate of drug-likeness (QED) is 0.515. The molecule has 164 valence electrons. The van der Waals surface area contributed by atoms with E-state index in [0.29, 0.717) is 35.2 Å². The Bertz CT molecular complexity index is 1320. The van der Waals surface area contributed by atoms with Gasteiger partial charge in [-0.05, 0) is 50.6 Å². The number of fused-ring (bicyclic) bond motifs is 2. The molecular formula is C22H23N7O3. The van der Waals surface area contributed by atoms with Crippen molar-refractivity contribution >= 4 is 17.4 Å². The van der Waals surface area contributed by atoms with Crippen molar-refractivity contribution in [3.63, 3.8) is 0 Å². The van der Waals surface area contributed by atoms with Crippen LogP contribution in [0.25, 0.3) is 11.5 Å². The van der Waals surface area contributed by atoms with Crippen molar-refractivity contribution in [1.29, 1.82) is 0 Å². The van der Waals surface area contributed by atoms with Crippen LogP contribution in [0.3, 0.4) is 0 Å². The van der Waals surface area contributed by atoms with E-state index in [1.54, 1.807) is 28.4 Å². The average Bonchev–Trinajstić information content (AvgIpc) is 3.37. The fraction of sp³-hybridized carbons (Fsp3) is 0.318. The Morgan fingerprint density at radius 2 is 2.00 bits per heavy atom. The molecule has 0 spiro atoms. The predicted molar refractivity (Wildman–Crippen MR) is 116 cm³/mol. The van der Waals surface area contributed by atoms with Crippen molar-refractivity contribution in [3.8, 4) is 17.3 Å². The van der Waals surface area contributed by atoms with Gasteiger partial charge in [0, 0.05) is 17.9 Å². The molecule has 1 atom stereocenters. The van der Waals surface area contributed by atoms with Crippen LogP contribution in [0, 0.1) is 6.92 Å². The van der Waals surface area contributed by atoms with E-state index >= 15 is 0 Å². The van der Waals surface area contributed by atoms with Crippen molar-refractivity contribution in [2.24, 2.45) is 0 Å². The van der Waals surface area contributed by atoms with Crippen LogP contribution >= 0.6 is 0 Å². The van der Waals surface area contributed by atoms with Crippen molar-refractivity contribution in [3.05, 3.63) is 53.5 Å². The van der Waals surface area contributed by atoms with Crippen LogP contribution in [0.15, 0.2) is 36.7 Å². The molecule has 32 heavy (non-hydrogen) atoms. The third-order valence-electron chi connectivity index (χ3n) is 5.42. The Kier molecular flexibility index (Phi) is 4.76. The lowest BCUT2D eigenvalue weighted by Crippen LogP contribution is -2.25. The molecule has 0 radical (unpaired) electrons. The fourth-order valence-electron chi connectivity index (χ4n) is 4.08. The number of carbonyl (C=O) groups excluding carboxylic acids is 1. The SMILES string of the molecule is COc1cc(C2CC(=O)Nc3c2c(C)nn3-c2ccc3nncn3n2)ccc1OC(C)C. The van der Waals surface area contributed by atoms with Crippen molar-refractivity contribution in [2.45, 2.75) is 39.2 Å². The van der Waals surface area contributed by atoms with E-state index in [1.807, 2.05) is 39.0 Å². The highest BCUT2D eigenvalue weighted by atomic mass is 16.5. The van der Waals surface area contributed by atoms with E-state index in [2.05, 4.69) is 20.6 Å². The van der Waals surface area contributed by atoms with E-state index in [0.717, 1.165) is 16.8 Å². The number of ether oxygens (including phenoxy) is 2. The van der Waals surface area contributed by atoms with E-state index in [-0.39, 0.29) is 17.9 Å². The number of carbonyl (C=O) groups is 1. The number of nitrogens with zero attached hydrogens (tertiary/aromatic N) is 6. The summed E-state index contributed by atoms with van der Waals surface area (Å²) in [6.07, 6.45) is 1.86. The average molecular weight is 433 g/mol. The standard InChI is InChI=1S/C22H23N7O3/c1-12(2)32-16-6-5-14(9-17(16)31-4)15-10-20(30)24-22-21(15)13(3)26-29(22)19-8-7-18-25-23-11-28(18)27-19/h5-9,11-12,15H,10H2,1-4H3,(H,24,30). The molecule has 0 bridgehead atoms. The van der Waals surface area contributed by atoms with Gasteiger partial charge in [0.05, 0.1) is 18.9 Å². The highest BCUT2D eigenvalue weighted by molar-refractivity contribution is 5.95. The van der Waals surface area contributed by atoms with Gasteiger partial charge in [0.25, 0.3) is 0 Å². The number of benzene rings is 1. The molecule has 1 amide bonds. The molecule has 4 aromatic rings. The molecule has 1 unspecified atom stereocenters. The van der Waals surface area contributed by atoms with Crippen LogP contribution in [0.4, 0.5) is 5.82 Å². The van der Waals surface area contributed by atoms with Crippen molar-refractivity contribution in [1.82, 2.24) is 29.6 Å². The number of hydrogen-bond acceptors (Lipinski definition) is 7. The summed E-state index contributed by atoms with van der Waals surface area (Å²) in [5, 5.41) is 20.0. The zero-order valence-electron chi connectivity index (χ0n) is 18.2. The maximum Gasteiger partial charge on any atom is 0.226 e. The molecule has 0 aliphatic carbocycles. The molecule has 0 saturated heterocycles. The number of aromatic nitrogens is 6. The maximum absolute atomic E-state index is 12.7. The van der Waals surface area contributed by atoms with Gasteiger partial charge in [-0.15, -0.1) is 15.3 Å². The smallest absolute Gasteiger partial charge is 0.226 e. The topological polar surface area (TPSA) is 108 Å². The lowest BCUT2D eigenvalue weighted by atomic mass is 9.85. The minimum Gasteiger partial charge on any atom is -0.493 e. The minimum atomic E-state index is -0.173. The van der Waals surface area contributed by atoms with Gasteiger partial charge in [-0.25, -0.2) is 0 Å². The fourth-order valence-corrected chi connectivity index (χ4v) is 4.08. The third-order valence-corrected chi connectivity index (χ3v) is 5.42. The molecule has 1 aromatic carbocycles. The van der Waals surface area contributed by atoms with E-state index in [4.69, 9.17) is 14.6 Å². The number of anilines is 1. The molecule has 1 aliphatic heterocycles. The zero-order valence-corrected chi connectivity index (χ0v) is 18.2. The first-order chi connectivity index (χ1) is 15.4. The molecule has 4 heterocycles. The lowest BCUT2D eigenvalue weighted by molar-refractivity contribution is -0.116. The molecular weight excluding hydrogens is 410 g/mol. The number of rotatable bonds is 5.